The van der Waals surface area contributed by atoms with Crippen LogP contribution in [-0.2, 0) is 14.3 Å². The molecule has 2 atom stereocenters. The van der Waals surface area contributed by atoms with E-state index in [9.17, 15) is 19.8 Å². The molecule has 6 nitrogen and oxygen atoms in total. The van der Waals surface area contributed by atoms with E-state index >= 15 is 0 Å². The Labute approximate surface area is 380 Å². The molecule has 3 N–H and O–H groups in total. The topological polar surface area (TPSA) is 95.9 Å². The van der Waals surface area contributed by atoms with Gasteiger partial charge in [-0.25, -0.2) is 0 Å². The summed E-state index contributed by atoms with van der Waals surface area (Å²) in [4.78, 5) is 24.5. The number of nitrogens with one attached hydrogen (secondary N) is 1. The molecule has 0 bridgehead atoms. The number of rotatable bonds is 51. The number of esters is 1. The van der Waals surface area contributed by atoms with Gasteiger partial charge in [-0.05, 0) is 51.4 Å². The Kier molecular flexibility index (Phi) is 50.1. The molecule has 0 radical (unpaired) electrons. The zero-order valence-corrected chi connectivity index (χ0v) is 41.2. The quantitative estimate of drug-likeness (QED) is 0.0322. The van der Waals surface area contributed by atoms with Crippen molar-refractivity contribution in [3.8, 4) is 0 Å². The molecule has 0 fully saturated rings. The molecule has 0 aromatic rings. The number of carbonyl (C=O) groups is 2. The number of amides is 1. The second-order valence-corrected chi connectivity index (χ2v) is 18.9. The largest absolute Gasteiger partial charge is 0.466 e. The van der Waals surface area contributed by atoms with Gasteiger partial charge in [0, 0.05) is 12.8 Å². The number of carbonyl (C=O) groups excluding carboxylic acids is 2. The molecular formula is C55H107NO5. The van der Waals surface area contributed by atoms with Gasteiger partial charge in [0.05, 0.1) is 25.4 Å². The Hall–Kier alpha value is -1.40. The molecule has 0 rings (SSSR count). The normalized spacial score (nSPS) is 12.7. The fourth-order valence-corrected chi connectivity index (χ4v) is 8.58. The zero-order valence-electron chi connectivity index (χ0n) is 41.2. The molecule has 0 aromatic heterocycles. The van der Waals surface area contributed by atoms with Gasteiger partial charge in [0.2, 0.25) is 5.91 Å². The van der Waals surface area contributed by atoms with Crippen molar-refractivity contribution in [3.63, 3.8) is 0 Å². The maximum absolute atomic E-state index is 12.4. The van der Waals surface area contributed by atoms with Crippen LogP contribution >= 0.6 is 0 Å². The SMILES string of the molecule is CCCCCCCCCCCCCCCCCCCCCC(=O)OCCCCCC/C=C\CCCCCCCCCC(=O)NC(CO)C(O)CCCCCCCCCCCC. The highest BCUT2D eigenvalue weighted by atomic mass is 16.5. The van der Waals surface area contributed by atoms with Crippen LogP contribution in [0.3, 0.4) is 0 Å². The van der Waals surface area contributed by atoms with Crippen LogP contribution in [0.1, 0.15) is 303 Å². The minimum atomic E-state index is -0.671. The van der Waals surface area contributed by atoms with E-state index < -0.39 is 12.1 Å². The van der Waals surface area contributed by atoms with Crippen molar-refractivity contribution in [2.75, 3.05) is 13.2 Å². The second kappa shape index (κ2) is 51.2. The molecule has 362 valence electrons. The van der Waals surface area contributed by atoms with Gasteiger partial charge in [-0.2, -0.15) is 0 Å². The molecule has 6 heteroatoms. The van der Waals surface area contributed by atoms with Crippen LogP contribution in [0, 0.1) is 0 Å². The number of ether oxygens (including phenoxy) is 1. The summed E-state index contributed by atoms with van der Waals surface area (Å²) in [6, 6.07) is -0.550. The molecule has 0 aromatic carbocycles. The van der Waals surface area contributed by atoms with E-state index in [1.165, 1.54) is 199 Å². The van der Waals surface area contributed by atoms with E-state index in [1.54, 1.807) is 0 Å². The number of aliphatic hydroxyl groups is 2. The van der Waals surface area contributed by atoms with Crippen LogP contribution in [0.15, 0.2) is 12.2 Å². The fourth-order valence-electron chi connectivity index (χ4n) is 8.58. The van der Waals surface area contributed by atoms with E-state index in [4.69, 9.17) is 4.74 Å². The summed E-state index contributed by atoms with van der Waals surface area (Å²) in [5.41, 5.74) is 0. The Morgan fingerprint density at radius 1 is 0.443 bits per heavy atom. The lowest BCUT2D eigenvalue weighted by atomic mass is 10.0. The zero-order chi connectivity index (χ0) is 44.4. The Morgan fingerprint density at radius 2 is 0.770 bits per heavy atom. The summed E-state index contributed by atoms with van der Waals surface area (Å²) >= 11 is 0. The van der Waals surface area contributed by atoms with E-state index in [0.717, 1.165) is 70.6 Å². The van der Waals surface area contributed by atoms with E-state index in [1.807, 2.05) is 0 Å². The van der Waals surface area contributed by atoms with Crippen LogP contribution in [-0.4, -0.2) is 47.4 Å². The number of allylic oxidation sites excluding steroid dienone is 2. The Morgan fingerprint density at radius 3 is 1.16 bits per heavy atom. The first-order valence-corrected chi connectivity index (χ1v) is 27.4. The molecule has 0 heterocycles. The van der Waals surface area contributed by atoms with Gasteiger partial charge >= 0.3 is 5.97 Å². The van der Waals surface area contributed by atoms with E-state index in [-0.39, 0.29) is 18.5 Å². The average molecular weight is 862 g/mol. The van der Waals surface area contributed by atoms with Crippen molar-refractivity contribution >= 4 is 11.9 Å². The summed E-state index contributed by atoms with van der Waals surface area (Å²) in [6.07, 6.45) is 59.1. The smallest absolute Gasteiger partial charge is 0.305 e. The molecule has 2 unspecified atom stereocenters. The highest BCUT2D eigenvalue weighted by Gasteiger charge is 2.20. The fraction of sp³-hybridized carbons (Fsp3) is 0.927. The highest BCUT2D eigenvalue weighted by molar-refractivity contribution is 5.76. The van der Waals surface area contributed by atoms with E-state index in [0.29, 0.717) is 25.9 Å². The number of hydrogen-bond acceptors (Lipinski definition) is 5. The first-order chi connectivity index (χ1) is 30.0. The van der Waals surface area contributed by atoms with Crippen molar-refractivity contribution in [1.29, 1.82) is 0 Å². The lowest BCUT2D eigenvalue weighted by molar-refractivity contribution is -0.143. The van der Waals surface area contributed by atoms with Gasteiger partial charge in [-0.15, -0.1) is 0 Å². The monoisotopic (exact) mass is 862 g/mol. The van der Waals surface area contributed by atoms with Gasteiger partial charge in [-0.3, -0.25) is 9.59 Å². The average Bonchev–Trinajstić information content (AvgIpc) is 3.26. The molecule has 0 aliphatic rings. The lowest BCUT2D eigenvalue weighted by Crippen LogP contribution is -2.45. The van der Waals surface area contributed by atoms with Crippen LogP contribution in [0.4, 0.5) is 0 Å². The van der Waals surface area contributed by atoms with Crippen LogP contribution in [0.5, 0.6) is 0 Å². The third kappa shape index (κ3) is 47.9. The molecule has 0 saturated carbocycles. The maximum atomic E-state index is 12.4. The second-order valence-electron chi connectivity index (χ2n) is 18.9. The van der Waals surface area contributed by atoms with Crippen LogP contribution < -0.4 is 5.32 Å². The minimum Gasteiger partial charge on any atom is -0.466 e. The molecule has 0 aliphatic carbocycles. The maximum Gasteiger partial charge on any atom is 0.305 e. The summed E-state index contributed by atoms with van der Waals surface area (Å²) in [7, 11) is 0. The van der Waals surface area contributed by atoms with Crippen molar-refractivity contribution < 1.29 is 24.5 Å². The minimum absolute atomic E-state index is 0.00525. The highest BCUT2D eigenvalue weighted by Crippen LogP contribution is 2.17. The van der Waals surface area contributed by atoms with Gasteiger partial charge in [-0.1, -0.05) is 251 Å². The van der Waals surface area contributed by atoms with Crippen LogP contribution in [0.25, 0.3) is 0 Å². The summed E-state index contributed by atoms with van der Waals surface area (Å²) in [6.45, 7) is 4.92. The summed E-state index contributed by atoms with van der Waals surface area (Å²) in [5, 5.41) is 23.1. The standard InChI is InChI=1S/C55H107NO5/c1-3-5-7-9-11-13-15-16-17-18-19-20-23-26-29-33-37-41-45-49-55(60)61-50-46-42-38-34-30-27-24-21-22-25-28-32-36-40-44-48-54(59)56-52(51-57)53(58)47-43-39-35-31-14-12-10-8-6-4-2/h24,27,52-53,57-58H,3-23,25-26,28-51H2,1-2H3,(H,56,59)/b27-24-. The van der Waals surface area contributed by atoms with Gasteiger partial charge in [0.15, 0.2) is 0 Å². The Bertz CT molecular complexity index is 909. The van der Waals surface area contributed by atoms with Crippen molar-refractivity contribution in [3.05, 3.63) is 12.2 Å². The summed E-state index contributed by atoms with van der Waals surface area (Å²) in [5.74, 6) is -0.0563. The van der Waals surface area contributed by atoms with Crippen molar-refractivity contribution in [2.45, 2.75) is 315 Å². The molecule has 61 heavy (non-hydrogen) atoms. The first-order valence-electron chi connectivity index (χ1n) is 27.4. The summed E-state index contributed by atoms with van der Waals surface area (Å²) < 4.78 is 5.47. The molecule has 1 amide bonds. The first kappa shape index (κ1) is 59.6. The van der Waals surface area contributed by atoms with Crippen molar-refractivity contribution in [2.24, 2.45) is 0 Å². The molecular weight excluding hydrogens is 755 g/mol. The third-order valence-corrected chi connectivity index (χ3v) is 12.8. The lowest BCUT2D eigenvalue weighted by Gasteiger charge is -2.22. The number of hydrogen-bond donors (Lipinski definition) is 3. The van der Waals surface area contributed by atoms with Gasteiger partial charge in [0.25, 0.3) is 0 Å². The predicted molar refractivity (Wildman–Crippen MR) is 264 cm³/mol. The number of aliphatic hydroxyl groups excluding tert-OH is 2. The van der Waals surface area contributed by atoms with E-state index in [2.05, 4.69) is 31.3 Å². The predicted octanol–water partition coefficient (Wildman–Crippen LogP) is 16.5. The molecule has 0 saturated heterocycles. The van der Waals surface area contributed by atoms with Gasteiger partial charge in [0.1, 0.15) is 0 Å². The Balaban J connectivity index is 3.41. The molecule has 0 aliphatic heterocycles. The number of unbranched alkanes of at least 4 members (excludes halogenated alkanes) is 38. The van der Waals surface area contributed by atoms with Crippen LogP contribution in [0.2, 0.25) is 0 Å². The van der Waals surface area contributed by atoms with Crippen molar-refractivity contribution in [1.82, 2.24) is 5.32 Å². The van der Waals surface area contributed by atoms with Gasteiger partial charge < -0.3 is 20.3 Å². The molecule has 0 spiro atoms. The third-order valence-electron chi connectivity index (χ3n) is 12.8.